The molecule has 0 unspecified atom stereocenters. The normalized spacial score (nSPS) is 11.9. The summed E-state index contributed by atoms with van der Waals surface area (Å²) < 4.78 is 14.9. The highest BCUT2D eigenvalue weighted by atomic mass is 32.2. The maximum absolute atomic E-state index is 5.54. The number of methoxy groups -OCH3 is 1. The molecule has 0 fully saturated rings. The molecule has 0 atom stereocenters. The first-order chi connectivity index (χ1) is 8.22. The second-order valence-electron chi connectivity index (χ2n) is 3.82. The molecule has 0 amide bonds. The van der Waals surface area contributed by atoms with Gasteiger partial charge in [0.1, 0.15) is 6.61 Å². The van der Waals surface area contributed by atoms with Crippen LogP contribution in [0, 0.1) is 0 Å². The molecule has 1 rings (SSSR count). The van der Waals surface area contributed by atoms with Crippen molar-refractivity contribution < 1.29 is 9.47 Å². The van der Waals surface area contributed by atoms with Crippen LogP contribution in [0.3, 0.4) is 0 Å². The molecule has 4 heteroatoms. The van der Waals surface area contributed by atoms with Gasteiger partial charge < -0.3 is 9.47 Å². The van der Waals surface area contributed by atoms with E-state index in [-0.39, 0.29) is 0 Å². The number of rotatable bonds is 6. The standard InChI is InChI=1S/C13H19NO2S/c1-11(2)17-14-13(15-3)10-16-9-12-7-5-4-6-8-12/h4-8,11H,9-10H2,1-3H3. The van der Waals surface area contributed by atoms with Gasteiger partial charge >= 0.3 is 0 Å². The molecule has 0 aliphatic rings. The zero-order valence-corrected chi connectivity index (χ0v) is 11.4. The molecular weight excluding hydrogens is 234 g/mol. The fourth-order valence-corrected chi connectivity index (χ4v) is 1.57. The van der Waals surface area contributed by atoms with Gasteiger partial charge in [-0.3, -0.25) is 0 Å². The van der Waals surface area contributed by atoms with Crippen molar-refractivity contribution in [3.8, 4) is 0 Å². The summed E-state index contributed by atoms with van der Waals surface area (Å²) in [7, 11) is 1.62. The second kappa shape index (κ2) is 8.14. The van der Waals surface area contributed by atoms with Crippen LogP contribution in [-0.4, -0.2) is 24.9 Å². The molecule has 0 spiro atoms. The van der Waals surface area contributed by atoms with Crippen molar-refractivity contribution in [2.75, 3.05) is 13.7 Å². The Morgan fingerprint density at radius 1 is 1.29 bits per heavy atom. The summed E-state index contributed by atoms with van der Waals surface area (Å²) in [4.78, 5) is 0. The maximum atomic E-state index is 5.54. The minimum Gasteiger partial charge on any atom is -0.482 e. The largest absolute Gasteiger partial charge is 0.482 e. The molecule has 0 bridgehead atoms. The van der Waals surface area contributed by atoms with Gasteiger partial charge in [0.15, 0.2) is 0 Å². The number of benzene rings is 1. The third-order valence-corrected chi connectivity index (χ3v) is 2.67. The van der Waals surface area contributed by atoms with Gasteiger partial charge in [-0.25, -0.2) is 0 Å². The number of ether oxygens (including phenoxy) is 2. The van der Waals surface area contributed by atoms with E-state index in [9.17, 15) is 0 Å². The molecule has 1 aromatic rings. The molecule has 0 radical (unpaired) electrons. The lowest BCUT2D eigenvalue weighted by atomic mass is 10.2. The molecule has 0 saturated heterocycles. The summed E-state index contributed by atoms with van der Waals surface area (Å²) in [6.07, 6.45) is 0. The number of hydrogen-bond donors (Lipinski definition) is 0. The second-order valence-corrected chi connectivity index (χ2v) is 5.16. The molecule has 17 heavy (non-hydrogen) atoms. The van der Waals surface area contributed by atoms with Crippen LogP contribution in [0.4, 0.5) is 0 Å². The summed E-state index contributed by atoms with van der Waals surface area (Å²) in [5.41, 5.74) is 1.15. The Kier molecular flexibility index (Phi) is 6.74. The third kappa shape index (κ3) is 6.34. The Balaban J connectivity index is 2.31. The van der Waals surface area contributed by atoms with E-state index < -0.39 is 0 Å². The maximum Gasteiger partial charge on any atom is 0.221 e. The van der Waals surface area contributed by atoms with Gasteiger partial charge in [0.05, 0.1) is 13.7 Å². The first-order valence-electron chi connectivity index (χ1n) is 5.60. The van der Waals surface area contributed by atoms with Crippen molar-refractivity contribution in [3.05, 3.63) is 35.9 Å². The van der Waals surface area contributed by atoms with Gasteiger partial charge in [0, 0.05) is 5.25 Å². The van der Waals surface area contributed by atoms with Crippen LogP contribution in [0.15, 0.2) is 34.7 Å². The minimum atomic E-state index is 0.408. The van der Waals surface area contributed by atoms with Crippen LogP contribution < -0.4 is 0 Å². The van der Waals surface area contributed by atoms with Crippen LogP contribution >= 0.6 is 11.9 Å². The molecule has 3 nitrogen and oxygen atoms in total. The van der Waals surface area contributed by atoms with Gasteiger partial charge in [0.25, 0.3) is 0 Å². The van der Waals surface area contributed by atoms with Gasteiger partial charge in [-0.2, -0.15) is 4.40 Å². The predicted molar refractivity (Wildman–Crippen MR) is 73.3 cm³/mol. The van der Waals surface area contributed by atoms with Crippen molar-refractivity contribution in [2.45, 2.75) is 25.7 Å². The molecule has 0 aliphatic heterocycles. The first kappa shape index (κ1) is 14.1. The minimum absolute atomic E-state index is 0.408. The third-order valence-electron chi connectivity index (χ3n) is 1.94. The van der Waals surface area contributed by atoms with E-state index in [0.29, 0.717) is 24.4 Å². The van der Waals surface area contributed by atoms with Gasteiger partial charge in [-0.05, 0) is 17.5 Å². The molecular formula is C13H19NO2S. The van der Waals surface area contributed by atoms with E-state index in [1.807, 2.05) is 30.3 Å². The Morgan fingerprint density at radius 2 is 2.00 bits per heavy atom. The van der Waals surface area contributed by atoms with Crippen molar-refractivity contribution in [3.63, 3.8) is 0 Å². The van der Waals surface area contributed by atoms with Crippen LogP contribution in [0.25, 0.3) is 0 Å². The van der Waals surface area contributed by atoms with E-state index in [1.165, 1.54) is 11.9 Å². The molecule has 94 valence electrons. The van der Waals surface area contributed by atoms with Crippen LogP contribution in [0.2, 0.25) is 0 Å². The quantitative estimate of drug-likeness (QED) is 0.443. The van der Waals surface area contributed by atoms with Crippen LogP contribution in [0.1, 0.15) is 19.4 Å². The molecule has 0 saturated carbocycles. The highest BCUT2D eigenvalue weighted by Crippen LogP contribution is 2.11. The summed E-state index contributed by atoms with van der Waals surface area (Å²) in [6.45, 7) is 5.17. The lowest BCUT2D eigenvalue weighted by Crippen LogP contribution is -2.10. The topological polar surface area (TPSA) is 30.8 Å². The van der Waals surface area contributed by atoms with Crippen molar-refractivity contribution >= 4 is 17.8 Å². The molecule has 0 N–H and O–H groups in total. The highest BCUT2D eigenvalue weighted by molar-refractivity contribution is 7.98. The summed E-state index contributed by atoms with van der Waals surface area (Å²) in [5.74, 6) is 0.625. The van der Waals surface area contributed by atoms with Gasteiger partial charge in [-0.15, -0.1) is 0 Å². The van der Waals surface area contributed by atoms with Crippen molar-refractivity contribution in [1.29, 1.82) is 0 Å². The zero-order chi connectivity index (χ0) is 12.5. The summed E-state index contributed by atoms with van der Waals surface area (Å²) >= 11 is 1.49. The van der Waals surface area contributed by atoms with E-state index in [1.54, 1.807) is 7.11 Å². The van der Waals surface area contributed by atoms with Crippen LogP contribution in [-0.2, 0) is 16.1 Å². The van der Waals surface area contributed by atoms with E-state index in [0.717, 1.165) is 5.56 Å². The zero-order valence-electron chi connectivity index (χ0n) is 10.6. The molecule has 0 aromatic heterocycles. The van der Waals surface area contributed by atoms with E-state index in [4.69, 9.17) is 9.47 Å². The van der Waals surface area contributed by atoms with Crippen LogP contribution in [0.5, 0.6) is 0 Å². The fraction of sp³-hybridized carbons (Fsp3) is 0.462. The van der Waals surface area contributed by atoms with Crippen molar-refractivity contribution in [2.24, 2.45) is 4.40 Å². The Hall–Kier alpha value is -1.000. The molecule has 1 aromatic carbocycles. The Labute approximate surface area is 107 Å². The predicted octanol–water partition coefficient (Wildman–Crippen LogP) is 3.30. The van der Waals surface area contributed by atoms with Gasteiger partial charge in [0.2, 0.25) is 5.90 Å². The highest BCUT2D eigenvalue weighted by Gasteiger charge is 2.01. The first-order valence-corrected chi connectivity index (χ1v) is 6.44. The average molecular weight is 253 g/mol. The van der Waals surface area contributed by atoms with Gasteiger partial charge in [-0.1, -0.05) is 44.2 Å². The van der Waals surface area contributed by atoms with E-state index >= 15 is 0 Å². The summed E-state index contributed by atoms with van der Waals surface area (Å²) in [6, 6.07) is 10.1. The smallest absolute Gasteiger partial charge is 0.221 e. The van der Waals surface area contributed by atoms with E-state index in [2.05, 4.69) is 18.2 Å². The number of hydrogen-bond acceptors (Lipinski definition) is 4. The number of nitrogens with zero attached hydrogens (tertiary/aromatic N) is 1. The van der Waals surface area contributed by atoms with Crippen molar-refractivity contribution in [1.82, 2.24) is 0 Å². The lowest BCUT2D eigenvalue weighted by Gasteiger charge is -2.07. The SMILES string of the molecule is COC(COCc1ccccc1)=NSC(C)C. The summed E-state index contributed by atoms with van der Waals surface area (Å²) in [5, 5.41) is 0.453. The monoisotopic (exact) mass is 253 g/mol. The Bertz CT molecular complexity index is 339. The Morgan fingerprint density at radius 3 is 2.59 bits per heavy atom. The molecule has 0 heterocycles. The lowest BCUT2D eigenvalue weighted by molar-refractivity contribution is 0.143. The average Bonchev–Trinajstić information content (AvgIpc) is 2.34. The molecule has 0 aliphatic carbocycles. The fourth-order valence-electron chi connectivity index (χ4n) is 1.12.